The van der Waals surface area contributed by atoms with Gasteiger partial charge in [0.25, 0.3) is 6.43 Å². The first-order valence-corrected chi connectivity index (χ1v) is 4.54. The van der Waals surface area contributed by atoms with Gasteiger partial charge >= 0.3 is 0 Å². The van der Waals surface area contributed by atoms with Crippen molar-refractivity contribution in [3.05, 3.63) is 27.2 Å². The zero-order chi connectivity index (χ0) is 10.0. The molecule has 0 radical (unpaired) electrons. The molecule has 1 rings (SSSR count). The van der Waals surface area contributed by atoms with Gasteiger partial charge in [0.1, 0.15) is 0 Å². The second-order valence-electron chi connectivity index (χ2n) is 2.32. The molecule has 13 heavy (non-hydrogen) atoms. The van der Waals surface area contributed by atoms with Crippen LogP contribution in [0.3, 0.4) is 0 Å². The molecule has 0 atom stereocenters. The molecule has 0 spiro atoms. The van der Waals surface area contributed by atoms with E-state index >= 15 is 0 Å². The average molecular weight is 271 g/mol. The Labute approximate surface area is 87.8 Å². The van der Waals surface area contributed by atoms with Gasteiger partial charge in [0.05, 0.1) is 16.6 Å². The predicted octanol–water partition coefficient (Wildman–Crippen LogP) is 4.05. The van der Waals surface area contributed by atoms with Crippen molar-refractivity contribution >= 4 is 27.5 Å². The average Bonchev–Trinajstić information content (AvgIpc) is 2.03. The number of rotatable bonds is 2. The highest BCUT2D eigenvalue weighted by molar-refractivity contribution is 9.10. The Balaban J connectivity index is 3.20. The summed E-state index contributed by atoms with van der Waals surface area (Å²) in [6, 6.07) is 2.48. The third-order valence-corrected chi connectivity index (χ3v) is 2.35. The first-order valence-electron chi connectivity index (χ1n) is 3.37. The fraction of sp³-hybridized carbons (Fsp3) is 0.250. The van der Waals surface area contributed by atoms with Gasteiger partial charge in [0.2, 0.25) is 0 Å². The Hall–Kier alpha value is -0.350. The van der Waals surface area contributed by atoms with Gasteiger partial charge in [0, 0.05) is 5.56 Å². The van der Waals surface area contributed by atoms with Crippen LogP contribution >= 0.6 is 27.5 Å². The zero-order valence-electron chi connectivity index (χ0n) is 6.65. The maximum absolute atomic E-state index is 12.2. The predicted molar refractivity (Wildman–Crippen MR) is 50.7 cm³/mol. The molecule has 0 unspecified atom stereocenters. The van der Waals surface area contributed by atoms with E-state index in [4.69, 9.17) is 16.3 Å². The molecule has 1 aromatic carbocycles. The van der Waals surface area contributed by atoms with Gasteiger partial charge in [-0.15, -0.1) is 0 Å². The van der Waals surface area contributed by atoms with Gasteiger partial charge in [-0.05, 0) is 28.1 Å². The first-order chi connectivity index (χ1) is 6.06. The molecule has 1 aromatic rings. The Kier molecular flexibility index (Phi) is 3.50. The molecule has 0 N–H and O–H groups in total. The smallest absolute Gasteiger partial charge is 0.263 e. The lowest BCUT2D eigenvalue weighted by Gasteiger charge is -2.07. The summed E-state index contributed by atoms with van der Waals surface area (Å²) in [6.07, 6.45) is -2.53. The number of methoxy groups -OCH3 is 1. The molecular formula is C8H6BrClF2O. The monoisotopic (exact) mass is 270 g/mol. The van der Waals surface area contributed by atoms with E-state index in [1.807, 2.05) is 0 Å². The van der Waals surface area contributed by atoms with E-state index in [9.17, 15) is 8.78 Å². The lowest BCUT2D eigenvalue weighted by Crippen LogP contribution is -1.90. The van der Waals surface area contributed by atoms with Gasteiger partial charge in [-0.25, -0.2) is 8.78 Å². The van der Waals surface area contributed by atoms with Crippen molar-refractivity contribution in [1.82, 2.24) is 0 Å². The van der Waals surface area contributed by atoms with E-state index in [0.717, 1.165) is 0 Å². The van der Waals surface area contributed by atoms with Crippen LogP contribution in [0.5, 0.6) is 5.75 Å². The van der Waals surface area contributed by atoms with Gasteiger partial charge in [-0.1, -0.05) is 11.6 Å². The van der Waals surface area contributed by atoms with Crippen LogP contribution in [0.25, 0.3) is 0 Å². The SMILES string of the molecule is COc1c(Cl)cc(C(F)F)cc1Br. The summed E-state index contributed by atoms with van der Waals surface area (Å²) in [7, 11) is 1.42. The van der Waals surface area contributed by atoms with Crippen LogP contribution in [-0.2, 0) is 0 Å². The third-order valence-electron chi connectivity index (χ3n) is 1.48. The van der Waals surface area contributed by atoms with Gasteiger partial charge in [0.15, 0.2) is 5.75 Å². The van der Waals surface area contributed by atoms with E-state index in [0.29, 0.717) is 10.2 Å². The number of benzene rings is 1. The molecule has 0 saturated carbocycles. The topological polar surface area (TPSA) is 9.23 Å². The third kappa shape index (κ3) is 2.31. The summed E-state index contributed by atoms with van der Waals surface area (Å²) in [5.74, 6) is 0.367. The van der Waals surface area contributed by atoms with Crippen LogP contribution in [-0.4, -0.2) is 7.11 Å². The second kappa shape index (κ2) is 4.24. The van der Waals surface area contributed by atoms with E-state index in [1.165, 1.54) is 19.2 Å². The van der Waals surface area contributed by atoms with Crippen molar-refractivity contribution in [3.8, 4) is 5.75 Å². The van der Waals surface area contributed by atoms with Crippen molar-refractivity contribution < 1.29 is 13.5 Å². The van der Waals surface area contributed by atoms with Crippen LogP contribution in [0.1, 0.15) is 12.0 Å². The molecule has 1 nitrogen and oxygen atoms in total. The van der Waals surface area contributed by atoms with Crippen LogP contribution in [0.4, 0.5) is 8.78 Å². The summed E-state index contributed by atoms with van der Waals surface area (Å²) in [5, 5.41) is 0.173. The highest BCUT2D eigenvalue weighted by atomic mass is 79.9. The summed E-state index contributed by atoms with van der Waals surface area (Å²) >= 11 is 8.77. The Morgan fingerprint density at radius 2 is 2.08 bits per heavy atom. The molecule has 0 aliphatic rings. The van der Waals surface area contributed by atoms with Crippen LogP contribution < -0.4 is 4.74 Å². The van der Waals surface area contributed by atoms with Gasteiger partial charge in [-0.2, -0.15) is 0 Å². The summed E-state index contributed by atoms with van der Waals surface area (Å²) in [6.45, 7) is 0. The van der Waals surface area contributed by atoms with Crippen molar-refractivity contribution in [3.63, 3.8) is 0 Å². The lowest BCUT2D eigenvalue weighted by atomic mass is 10.2. The van der Waals surface area contributed by atoms with Gasteiger partial charge in [-0.3, -0.25) is 0 Å². The van der Waals surface area contributed by atoms with Crippen molar-refractivity contribution in [2.45, 2.75) is 6.43 Å². The quantitative estimate of drug-likeness (QED) is 0.788. The van der Waals surface area contributed by atoms with Crippen molar-refractivity contribution in [2.75, 3.05) is 7.11 Å². The van der Waals surface area contributed by atoms with E-state index < -0.39 is 6.43 Å². The molecule has 0 aliphatic heterocycles. The molecule has 0 bridgehead atoms. The van der Waals surface area contributed by atoms with Crippen LogP contribution in [0, 0.1) is 0 Å². The van der Waals surface area contributed by atoms with E-state index in [2.05, 4.69) is 15.9 Å². The summed E-state index contributed by atoms with van der Waals surface area (Å²) in [4.78, 5) is 0. The minimum Gasteiger partial charge on any atom is -0.494 e. The minimum absolute atomic E-state index is 0.127. The molecule has 0 aliphatic carbocycles. The fourth-order valence-electron chi connectivity index (χ4n) is 0.900. The standard InChI is InChI=1S/C8H6BrClF2O/c1-13-7-5(9)2-4(8(11)12)3-6(7)10/h2-3,8H,1H3. The molecule has 5 heteroatoms. The highest BCUT2D eigenvalue weighted by Gasteiger charge is 2.13. The van der Waals surface area contributed by atoms with Crippen molar-refractivity contribution in [2.24, 2.45) is 0 Å². The number of hydrogen-bond acceptors (Lipinski definition) is 1. The molecule has 0 saturated heterocycles. The zero-order valence-corrected chi connectivity index (χ0v) is 8.99. The summed E-state index contributed by atoms with van der Waals surface area (Å²) < 4.78 is 29.8. The molecule has 72 valence electrons. The van der Waals surface area contributed by atoms with Crippen LogP contribution in [0.15, 0.2) is 16.6 Å². The molecule has 0 aromatic heterocycles. The number of ether oxygens (including phenoxy) is 1. The lowest BCUT2D eigenvalue weighted by molar-refractivity contribution is 0.151. The Morgan fingerprint density at radius 3 is 2.46 bits per heavy atom. The molecule has 0 heterocycles. The van der Waals surface area contributed by atoms with Crippen LogP contribution in [0.2, 0.25) is 5.02 Å². The second-order valence-corrected chi connectivity index (χ2v) is 3.58. The Morgan fingerprint density at radius 1 is 1.46 bits per heavy atom. The maximum Gasteiger partial charge on any atom is 0.263 e. The minimum atomic E-state index is -2.53. The number of hydrogen-bond donors (Lipinski definition) is 0. The Bertz CT molecular complexity index is 294. The number of alkyl halides is 2. The molecule has 0 amide bonds. The molecule has 0 fully saturated rings. The van der Waals surface area contributed by atoms with Crippen molar-refractivity contribution in [1.29, 1.82) is 0 Å². The molecular weight excluding hydrogens is 265 g/mol. The fourth-order valence-corrected chi connectivity index (χ4v) is 1.96. The highest BCUT2D eigenvalue weighted by Crippen LogP contribution is 2.36. The van der Waals surface area contributed by atoms with E-state index in [-0.39, 0.29) is 10.6 Å². The maximum atomic E-state index is 12.2. The normalized spacial score (nSPS) is 10.6. The first kappa shape index (κ1) is 10.7. The number of halogens is 4. The van der Waals surface area contributed by atoms with Gasteiger partial charge < -0.3 is 4.74 Å². The summed E-state index contributed by atoms with van der Waals surface area (Å²) in [5.41, 5.74) is -0.127. The largest absolute Gasteiger partial charge is 0.494 e. The van der Waals surface area contributed by atoms with E-state index in [1.54, 1.807) is 0 Å².